The minimum absolute atomic E-state index is 0.429. The van der Waals surface area contributed by atoms with Crippen LogP contribution in [0.25, 0.3) is 0 Å². The first-order chi connectivity index (χ1) is 6.80. The summed E-state index contributed by atoms with van der Waals surface area (Å²) in [5.74, 6) is 0. The van der Waals surface area contributed by atoms with Crippen LogP contribution >= 0.6 is 11.6 Å². The first-order valence-electron chi connectivity index (χ1n) is 5.30. The summed E-state index contributed by atoms with van der Waals surface area (Å²) in [6.07, 6.45) is 4.02. The fourth-order valence-corrected chi connectivity index (χ4v) is 2.95. The number of benzene rings is 1. The van der Waals surface area contributed by atoms with E-state index in [0.29, 0.717) is 5.41 Å². The van der Waals surface area contributed by atoms with Crippen LogP contribution in [0, 0.1) is 0 Å². The summed E-state index contributed by atoms with van der Waals surface area (Å²) in [5, 5.41) is 4.40. The highest BCUT2D eigenvalue weighted by molar-refractivity contribution is 6.30. The largest absolute Gasteiger partial charge is 0.312 e. The van der Waals surface area contributed by atoms with Crippen molar-refractivity contribution in [2.75, 3.05) is 6.54 Å². The van der Waals surface area contributed by atoms with Crippen molar-refractivity contribution in [3.63, 3.8) is 0 Å². The summed E-state index contributed by atoms with van der Waals surface area (Å²) < 4.78 is 0. The minimum Gasteiger partial charge on any atom is -0.312 e. The Balaban J connectivity index is 2.12. The van der Waals surface area contributed by atoms with Crippen LogP contribution in [0.5, 0.6) is 0 Å². The van der Waals surface area contributed by atoms with E-state index in [-0.39, 0.29) is 0 Å². The lowest BCUT2D eigenvalue weighted by Crippen LogP contribution is -2.47. The van der Waals surface area contributed by atoms with Crippen molar-refractivity contribution in [1.29, 1.82) is 0 Å². The van der Waals surface area contributed by atoms with Gasteiger partial charge in [-0.3, -0.25) is 0 Å². The van der Waals surface area contributed by atoms with E-state index in [2.05, 4.69) is 17.4 Å². The Hall–Kier alpha value is -0.530. The van der Waals surface area contributed by atoms with E-state index < -0.39 is 0 Å². The normalized spacial score (nSPS) is 22.9. The van der Waals surface area contributed by atoms with Gasteiger partial charge in [0.25, 0.3) is 0 Å². The monoisotopic (exact) mass is 207 g/mol. The Kier molecular flexibility index (Phi) is 1.86. The Morgan fingerprint density at radius 1 is 1.29 bits per heavy atom. The van der Waals surface area contributed by atoms with Crippen LogP contribution in [0.2, 0.25) is 5.02 Å². The van der Waals surface area contributed by atoms with Crippen LogP contribution < -0.4 is 5.32 Å². The van der Waals surface area contributed by atoms with E-state index in [1.165, 1.54) is 30.4 Å². The summed E-state index contributed by atoms with van der Waals surface area (Å²) >= 11 is 6.06. The van der Waals surface area contributed by atoms with Crippen LogP contribution in [-0.4, -0.2) is 6.54 Å². The van der Waals surface area contributed by atoms with Gasteiger partial charge >= 0.3 is 0 Å². The van der Waals surface area contributed by atoms with E-state index in [4.69, 9.17) is 11.6 Å². The smallest absolute Gasteiger partial charge is 0.0409 e. The quantitative estimate of drug-likeness (QED) is 0.690. The highest BCUT2D eigenvalue weighted by atomic mass is 35.5. The number of hydrogen-bond acceptors (Lipinski definition) is 1. The van der Waals surface area contributed by atoms with Crippen LogP contribution in [-0.2, 0) is 12.0 Å². The second-order valence-electron chi connectivity index (χ2n) is 4.54. The van der Waals surface area contributed by atoms with E-state index in [0.717, 1.165) is 18.1 Å². The van der Waals surface area contributed by atoms with Crippen molar-refractivity contribution < 1.29 is 0 Å². The summed E-state index contributed by atoms with van der Waals surface area (Å²) in [5.41, 5.74) is 3.38. The highest BCUT2D eigenvalue weighted by Crippen LogP contribution is 2.46. The van der Waals surface area contributed by atoms with Gasteiger partial charge in [-0.25, -0.2) is 0 Å². The van der Waals surface area contributed by atoms with E-state index in [1.54, 1.807) is 0 Å². The maximum Gasteiger partial charge on any atom is 0.0409 e. The van der Waals surface area contributed by atoms with Crippen LogP contribution in [0.3, 0.4) is 0 Å². The molecule has 1 aromatic carbocycles. The molecule has 2 aliphatic rings. The third-order valence-corrected chi connectivity index (χ3v) is 3.97. The van der Waals surface area contributed by atoms with E-state index >= 15 is 0 Å². The van der Waals surface area contributed by atoms with Crippen molar-refractivity contribution in [3.8, 4) is 0 Å². The molecule has 0 unspecified atom stereocenters. The second-order valence-corrected chi connectivity index (χ2v) is 4.98. The number of rotatable bonds is 0. The minimum atomic E-state index is 0.429. The number of nitrogens with one attached hydrogen (secondary N) is 1. The summed E-state index contributed by atoms with van der Waals surface area (Å²) in [4.78, 5) is 0. The van der Waals surface area contributed by atoms with Gasteiger partial charge in [0.1, 0.15) is 0 Å². The fraction of sp³-hybridized carbons (Fsp3) is 0.500. The molecule has 1 heterocycles. The van der Waals surface area contributed by atoms with Crippen molar-refractivity contribution in [1.82, 2.24) is 5.32 Å². The molecule has 0 aromatic heterocycles. The Morgan fingerprint density at radius 2 is 2.14 bits per heavy atom. The van der Waals surface area contributed by atoms with Crippen molar-refractivity contribution in [2.24, 2.45) is 0 Å². The van der Waals surface area contributed by atoms with Gasteiger partial charge in [0.15, 0.2) is 0 Å². The van der Waals surface area contributed by atoms with Gasteiger partial charge in [-0.15, -0.1) is 0 Å². The lowest BCUT2D eigenvalue weighted by atomic mass is 9.62. The first kappa shape index (κ1) is 8.75. The van der Waals surface area contributed by atoms with Crippen molar-refractivity contribution >= 4 is 11.6 Å². The average Bonchev–Trinajstić information content (AvgIpc) is 2.14. The second kappa shape index (κ2) is 2.98. The third kappa shape index (κ3) is 1.12. The van der Waals surface area contributed by atoms with Gasteiger partial charge in [0, 0.05) is 23.5 Å². The van der Waals surface area contributed by atoms with E-state index in [1.807, 2.05) is 6.07 Å². The summed E-state index contributed by atoms with van der Waals surface area (Å²) in [7, 11) is 0. The number of halogens is 1. The summed E-state index contributed by atoms with van der Waals surface area (Å²) in [6, 6.07) is 6.35. The fourth-order valence-electron chi connectivity index (χ4n) is 2.78. The Labute approximate surface area is 89.5 Å². The molecule has 2 heteroatoms. The predicted molar refractivity (Wildman–Crippen MR) is 58.7 cm³/mol. The van der Waals surface area contributed by atoms with Crippen LogP contribution in [0.1, 0.15) is 30.4 Å². The maximum atomic E-state index is 6.06. The molecule has 1 N–H and O–H groups in total. The van der Waals surface area contributed by atoms with Crippen molar-refractivity contribution in [3.05, 3.63) is 34.3 Å². The van der Waals surface area contributed by atoms with Gasteiger partial charge in [-0.05, 0) is 36.1 Å². The first-order valence-corrected chi connectivity index (χ1v) is 5.68. The van der Waals surface area contributed by atoms with Crippen molar-refractivity contribution in [2.45, 2.75) is 31.2 Å². The molecule has 1 nitrogen and oxygen atoms in total. The highest BCUT2D eigenvalue weighted by Gasteiger charge is 2.41. The SMILES string of the molecule is Clc1ccc2c(c1)C1(CCC1)CNC2. The lowest BCUT2D eigenvalue weighted by Gasteiger charge is -2.46. The van der Waals surface area contributed by atoms with Gasteiger partial charge in [0.05, 0.1) is 0 Å². The molecule has 0 atom stereocenters. The molecule has 0 radical (unpaired) electrons. The number of fused-ring (bicyclic) bond motifs is 2. The molecule has 3 rings (SSSR count). The zero-order chi connectivity index (χ0) is 9.60. The molecule has 1 fully saturated rings. The molecular formula is C12H14ClN. The molecule has 1 aliphatic carbocycles. The third-order valence-electron chi connectivity index (χ3n) is 3.73. The molecule has 1 spiro atoms. The molecular weight excluding hydrogens is 194 g/mol. The molecule has 0 amide bonds. The topological polar surface area (TPSA) is 12.0 Å². The summed E-state index contributed by atoms with van der Waals surface area (Å²) in [6.45, 7) is 2.15. The maximum absolute atomic E-state index is 6.06. The van der Waals surface area contributed by atoms with Crippen LogP contribution in [0.15, 0.2) is 18.2 Å². The molecule has 0 bridgehead atoms. The van der Waals surface area contributed by atoms with E-state index in [9.17, 15) is 0 Å². The molecule has 74 valence electrons. The zero-order valence-electron chi connectivity index (χ0n) is 8.15. The Bertz CT molecular complexity index is 369. The average molecular weight is 208 g/mol. The lowest BCUT2D eigenvalue weighted by molar-refractivity contribution is 0.219. The molecule has 14 heavy (non-hydrogen) atoms. The molecule has 1 aromatic rings. The zero-order valence-corrected chi connectivity index (χ0v) is 8.90. The van der Waals surface area contributed by atoms with Gasteiger partial charge in [-0.2, -0.15) is 0 Å². The molecule has 1 aliphatic heterocycles. The Morgan fingerprint density at radius 3 is 2.86 bits per heavy atom. The number of hydrogen-bond donors (Lipinski definition) is 1. The predicted octanol–water partition coefficient (Wildman–Crippen LogP) is 2.86. The molecule has 0 saturated heterocycles. The van der Waals surface area contributed by atoms with Gasteiger partial charge in [-0.1, -0.05) is 24.1 Å². The van der Waals surface area contributed by atoms with Gasteiger partial charge < -0.3 is 5.32 Å². The van der Waals surface area contributed by atoms with Crippen LogP contribution in [0.4, 0.5) is 0 Å². The molecule has 1 saturated carbocycles. The standard InChI is InChI=1S/C12H14ClN/c13-10-3-2-9-7-14-8-12(4-1-5-12)11(9)6-10/h2-3,6,14H,1,4-5,7-8H2. The van der Waals surface area contributed by atoms with Gasteiger partial charge in [0.2, 0.25) is 0 Å².